The number of nitrogens with two attached hydrogens (primary N) is 1. The third kappa shape index (κ3) is 3.25. The molecule has 0 bridgehead atoms. The van der Waals surface area contributed by atoms with Crippen LogP contribution in [-0.4, -0.2) is 38.9 Å². The number of nitrogens with zero attached hydrogens (tertiary/aromatic N) is 2. The van der Waals surface area contributed by atoms with E-state index in [0.29, 0.717) is 36.8 Å². The fourth-order valence-corrected chi connectivity index (χ4v) is 4.54. The number of benzene rings is 2. The Morgan fingerprint density at radius 1 is 0.917 bits per heavy atom. The lowest BCUT2D eigenvalue weighted by molar-refractivity contribution is 0.385. The predicted molar refractivity (Wildman–Crippen MR) is 97.7 cm³/mol. The SMILES string of the molecule is Cc1ccc(N2CCN(S(=O)(=O)c3ccc(N)cc3)CC2)c(C)c1. The Kier molecular flexibility index (Phi) is 4.51. The molecule has 0 amide bonds. The molecule has 0 radical (unpaired) electrons. The van der Waals surface area contributed by atoms with Gasteiger partial charge in [-0.3, -0.25) is 0 Å². The van der Waals surface area contributed by atoms with Crippen LogP contribution in [0.4, 0.5) is 11.4 Å². The molecule has 1 aliphatic heterocycles. The fraction of sp³-hybridized carbons (Fsp3) is 0.333. The minimum atomic E-state index is -3.45. The lowest BCUT2D eigenvalue weighted by Gasteiger charge is -2.36. The van der Waals surface area contributed by atoms with Crippen molar-refractivity contribution in [1.82, 2.24) is 4.31 Å². The van der Waals surface area contributed by atoms with Crippen molar-refractivity contribution in [3.8, 4) is 0 Å². The summed E-state index contributed by atoms with van der Waals surface area (Å²) in [4.78, 5) is 2.56. The number of anilines is 2. The van der Waals surface area contributed by atoms with Gasteiger partial charge in [0.25, 0.3) is 0 Å². The molecule has 1 heterocycles. The quantitative estimate of drug-likeness (QED) is 0.868. The molecule has 128 valence electrons. The van der Waals surface area contributed by atoms with Crippen molar-refractivity contribution in [2.24, 2.45) is 0 Å². The van der Waals surface area contributed by atoms with E-state index in [1.165, 1.54) is 16.8 Å². The predicted octanol–water partition coefficient (Wildman–Crippen LogP) is 2.40. The molecule has 0 unspecified atom stereocenters. The van der Waals surface area contributed by atoms with Gasteiger partial charge in [-0.25, -0.2) is 8.42 Å². The second-order valence-corrected chi connectivity index (χ2v) is 8.19. The molecule has 1 saturated heterocycles. The largest absolute Gasteiger partial charge is 0.399 e. The summed E-state index contributed by atoms with van der Waals surface area (Å²) in [7, 11) is -3.45. The highest BCUT2D eigenvalue weighted by molar-refractivity contribution is 7.89. The van der Waals surface area contributed by atoms with Gasteiger partial charge in [0, 0.05) is 37.6 Å². The first-order valence-corrected chi connectivity index (χ1v) is 9.50. The average molecular weight is 345 g/mol. The summed E-state index contributed by atoms with van der Waals surface area (Å²) in [5.74, 6) is 0. The van der Waals surface area contributed by atoms with Crippen LogP contribution in [0.2, 0.25) is 0 Å². The minimum Gasteiger partial charge on any atom is -0.399 e. The monoisotopic (exact) mass is 345 g/mol. The summed E-state index contributed by atoms with van der Waals surface area (Å²) in [6.45, 7) is 6.53. The fourth-order valence-electron chi connectivity index (χ4n) is 3.12. The number of aryl methyl sites for hydroxylation is 2. The zero-order valence-corrected chi connectivity index (χ0v) is 14.9. The van der Waals surface area contributed by atoms with Crippen molar-refractivity contribution in [1.29, 1.82) is 0 Å². The lowest BCUT2D eigenvalue weighted by Crippen LogP contribution is -2.48. The van der Waals surface area contributed by atoms with E-state index in [1.807, 2.05) is 0 Å². The molecule has 0 spiro atoms. The summed E-state index contributed by atoms with van der Waals surface area (Å²) in [6, 6.07) is 12.8. The Hall–Kier alpha value is -2.05. The van der Waals surface area contributed by atoms with E-state index in [1.54, 1.807) is 28.6 Å². The third-order valence-corrected chi connectivity index (χ3v) is 6.36. The van der Waals surface area contributed by atoms with Crippen molar-refractivity contribution >= 4 is 21.4 Å². The molecular weight excluding hydrogens is 322 g/mol. The number of sulfonamides is 1. The summed E-state index contributed by atoms with van der Waals surface area (Å²) in [5, 5.41) is 0. The first-order valence-electron chi connectivity index (χ1n) is 8.06. The summed E-state index contributed by atoms with van der Waals surface area (Å²) in [6.07, 6.45) is 0. The molecule has 2 aromatic rings. The van der Waals surface area contributed by atoms with E-state index >= 15 is 0 Å². The van der Waals surface area contributed by atoms with Crippen LogP contribution in [0.25, 0.3) is 0 Å². The number of piperazine rings is 1. The van der Waals surface area contributed by atoms with Crippen LogP contribution in [0.5, 0.6) is 0 Å². The number of rotatable bonds is 3. The van der Waals surface area contributed by atoms with Crippen molar-refractivity contribution in [2.75, 3.05) is 36.8 Å². The second kappa shape index (κ2) is 6.45. The van der Waals surface area contributed by atoms with Gasteiger partial charge in [0.15, 0.2) is 0 Å². The summed E-state index contributed by atoms with van der Waals surface area (Å²) < 4.78 is 27.0. The first-order chi connectivity index (χ1) is 11.4. The van der Waals surface area contributed by atoms with Crippen molar-refractivity contribution < 1.29 is 8.42 Å². The summed E-state index contributed by atoms with van der Waals surface area (Å²) >= 11 is 0. The molecule has 2 aromatic carbocycles. The van der Waals surface area contributed by atoms with Gasteiger partial charge in [0.1, 0.15) is 0 Å². The molecule has 24 heavy (non-hydrogen) atoms. The van der Waals surface area contributed by atoms with E-state index in [9.17, 15) is 8.42 Å². The Bertz CT molecular complexity index is 824. The topological polar surface area (TPSA) is 66.6 Å². The number of nitrogen functional groups attached to an aromatic ring is 1. The first kappa shape index (κ1) is 16.8. The van der Waals surface area contributed by atoms with Crippen LogP contribution in [0.15, 0.2) is 47.4 Å². The molecule has 0 atom stereocenters. The highest BCUT2D eigenvalue weighted by Gasteiger charge is 2.28. The Balaban J connectivity index is 1.73. The van der Waals surface area contributed by atoms with E-state index in [2.05, 4.69) is 36.9 Å². The minimum absolute atomic E-state index is 0.302. The van der Waals surface area contributed by atoms with Gasteiger partial charge in [0.05, 0.1) is 4.90 Å². The third-order valence-electron chi connectivity index (χ3n) is 4.45. The van der Waals surface area contributed by atoms with Crippen molar-refractivity contribution in [2.45, 2.75) is 18.7 Å². The Morgan fingerprint density at radius 3 is 2.12 bits per heavy atom. The molecule has 0 aliphatic carbocycles. The summed E-state index contributed by atoms with van der Waals surface area (Å²) in [5.41, 5.74) is 9.85. The van der Waals surface area contributed by atoms with E-state index in [-0.39, 0.29) is 0 Å². The smallest absolute Gasteiger partial charge is 0.243 e. The van der Waals surface area contributed by atoms with E-state index in [0.717, 1.165) is 0 Å². The molecule has 3 rings (SSSR count). The van der Waals surface area contributed by atoms with E-state index in [4.69, 9.17) is 5.73 Å². The number of hydrogen-bond acceptors (Lipinski definition) is 4. The van der Waals surface area contributed by atoms with Crippen LogP contribution >= 0.6 is 0 Å². The van der Waals surface area contributed by atoms with Crippen LogP contribution in [-0.2, 0) is 10.0 Å². The van der Waals surface area contributed by atoms with Gasteiger partial charge in [-0.15, -0.1) is 0 Å². The molecule has 6 heteroatoms. The van der Waals surface area contributed by atoms with Gasteiger partial charge in [0.2, 0.25) is 10.0 Å². The van der Waals surface area contributed by atoms with Gasteiger partial charge in [-0.2, -0.15) is 4.31 Å². The van der Waals surface area contributed by atoms with Gasteiger partial charge < -0.3 is 10.6 Å². The maximum atomic E-state index is 12.7. The molecule has 5 nitrogen and oxygen atoms in total. The maximum Gasteiger partial charge on any atom is 0.243 e. The van der Waals surface area contributed by atoms with Crippen molar-refractivity contribution in [3.63, 3.8) is 0 Å². The Labute approximate surface area is 143 Å². The second-order valence-electron chi connectivity index (χ2n) is 6.25. The molecule has 0 aromatic heterocycles. The van der Waals surface area contributed by atoms with Crippen molar-refractivity contribution in [3.05, 3.63) is 53.6 Å². The van der Waals surface area contributed by atoms with Crippen LogP contribution in [0.1, 0.15) is 11.1 Å². The average Bonchev–Trinajstić information content (AvgIpc) is 2.55. The molecule has 2 N–H and O–H groups in total. The molecular formula is C18H23N3O2S. The molecule has 1 aliphatic rings. The lowest BCUT2D eigenvalue weighted by atomic mass is 10.1. The highest BCUT2D eigenvalue weighted by atomic mass is 32.2. The highest BCUT2D eigenvalue weighted by Crippen LogP contribution is 2.24. The van der Waals surface area contributed by atoms with Crippen LogP contribution in [0, 0.1) is 13.8 Å². The molecule has 0 saturated carbocycles. The zero-order valence-electron chi connectivity index (χ0n) is 14.1. The van der Waals surface area contributed by atoms with E-state index < -0.39 is 10.0 Å². The van der Waals surface area contributed by atoms with Crippen LogP contribution < -0.4 is 10.6 Å². The number of hydrogen-bond donors (Lipinski definition) is 1. The Morgan fingerprint density at radius 2 is 1.54 bits per heavy atom. The van der Waals surface area contributed by atoms with Gasteiger partial charge >= 0.3 is 0 Å². The maximum absolute atomic E-state index is 12.7. The van der Waals surface area contributed by atoms with Gasteiger partial charge in [-0.05, 0) is 49.7 Å². The standard InChI is InChI=1S/C18H23N3O2S/c1-14-3-8-18(15(2)13-14)20-9-11-21(12-10-20)24(22,23)17-6-4-16(19)5-7-17/h3-8,13H,9-12,19H2,1-2H3. The zero-order chi connectivity index (χ0) is 17.3. The van der Waals surface area contributed by atoms with Crippen LogP contribution in [0.3, 0.4) is 0 Å². The molecule has 1 fully saturated rings. The normalized spacial score (nSPS) is 16.3. The van der Waals surface area contributed by atoms with Gasteiger partial charge in [-0.1, -0.05) is 17.7 Å².